The Hall–Kier alpha value is -3.41. The van der Waals surface area contributed by atoms with Gasteiger partial charge < -0.3 is 24.4 Å². The molecule has 0 aliphatic rings. The highest BCUT2D eigenvalue weighted by molar-refractivity contribution is 6.30. The first-order valence-electron chi connectivity index (χ1n) is 10.3. The topological polar surface area (TPSA) is 85.8 Å². The van der Waals surface area contributed by atoms with Crippen LogP contribution in [0.5, 0.6) is 17.4 Å². The lowest BCUT2D eigenvalue weighted by Gasteiger charge is -2.15. The quantitative estimate of drug-likeness (QED) is 0.290. The van der Waals surface area contributed by atoms with Crippen molar-refractivity contribution >= 4 is 34.1 Å². The van der Waals surface area contributed by atoms with Crippen LogP contribution >= 0.6 is 11.6 Å². The summed E-state index contributed by atoms with van der Waals surface area (Å²) < 4.78 is 53.5. The first-order chi connectivity index (χ1) is 16.7. The Bertz CT molecular complexity index is 1210. The molecule has 0 aliphatic carbocycles. The van der Waals surface area contributed by atoms with Crippen LogP contribution < -0.4 is 14.8 Å². The molecule has 1 aromatic heterocycles. The molecular formula is C23H22ClF3N4O4. The van der Waals surface area contributed by atoms with Gasteiger partial charge in [0.25, 0.3) is 0 Å². The van der Waals surface area contributed by atoms with Crippen LogP contribution in [0.3, 0.4) is 0 Å². The summed E-state index contributed by atoms with van der Waals surface area (Å²) in [6, 6.07) is 6.86. The largest absolute Gasteiger partial charge is 0.489 e. The van der Waals surface area contributed by atoms with E-state index in [-0.39, 0.29) is 41.3 Å². The third-order valence-electron chi connectivity index (χ3n) is 4.39. The highest BCUT2D eigenvalue weighted by Gasteiger charge is 2.15. The van der Waals surface area contributed by atoms with E-state index in [0.717, 1.165) is 6.07 Å². The third-order valence-corrected chi connectivity index (χ3v) is 4.68. The van der Waals surface area contributed by atoms with Crippen molar-refractivity contribution in [2.24, 2.45) is 0 Å². The predicted molar refractivity (Wildman–Crippen MR) is 125 cm³/mol. The number of hydrogen-bond acceptors (Lipinski definition) is 7. The molecule has 0 unspecified atom stereocenters. The Labute approximate surface area is 204 Å². The maximum Gasteiger partial charge on any atom is 0.345 e. The normalized spacial score (nSPS) is 11.5. The number of aromatic nitrogens is 2. The number of nitrogens with zero attached hydrogens (tertiary/aromatic N) is 3. The van der Waals surface area contributed by atoms with Gasteiger partial charge in [0.2, 0.25) is 11.8 Å². The Kier molecular flexibility index (Phi) is 9.24. The van der Waals surface area contributed by atoms with E-state index in [2.05, 4.69) is 20.0 Å². The molecule has 0 fully saturated rings. The Morgan fingerprint density at radius 2 is 2.00 bits per heavy atom. The number of rotatable bonds is 11. The van der Waals surface area contributed by atoms with Gasteiger partial charge >= 0.3 is 6.61 Å². The first kappa shape index (κ1) is 26.2. The molecule has 1 amide bonds. The molecule has 1 N–H and O–H groups in total. The number of alkyl halides is 2. The van der Waals surface area contributed by atoms with Gasteiger partial charge in [-0.15, -0.1) is 0 Å². The van der Waals surface area contributed by atoms with Gasteiger partial charge in [0.05, 0.1) is 28.2 Å². The minimum Gasteiger partial charge on any atom is -0.489 e. The fourth-order valence-electron chi connectivity index (χ4n) is 2.84. The molecule has 0 saturated carbocycles. The summed E-state index contributed by atoms with van der Waals surface area (Å²) >= 11 is 5.82. The summed E-state index contributed by atoms with van der Waals surface area (Å²) in [5.41, 5.74) is 0.611. The SMILES string of the molecule is CN(C)C/C=C/C(=O)Nc1cc2c(Oc3ccc(F)c(Cl)c3)ncnc2cc1OCCOC(F)F. The summed E-state index contributed by atoms with van der Waals surface area (Å²) in [5, 5.41) is 2.97. The second kappa shape index (κ2) is 12.3. The molecule has 186 valence electrons. The lowest BCUT2D eigenvalue weighted by atomic mass is 10.2. The van der Waals surface area contributed by atoms with Crippen LogP contribution in [0, 0.1) is 5.82 Å². The highest BCUT2D eigenvalue weighted by atomic mass is 35.5. The van der Waals surface area contributed by atoms with Gasteiger partial charge in [-0.05, 0) is 32.3 Å². The second-order valence-corrected chi connectivity index (χ2v) is 7.76. The van der Waals surface area contributed by atoms with Gasteiger partial charge in [-0.25, -0.2) is 14.4 Å². The van der Waals surface area contributed by atoms with Crippen LogP contribution in [-0.2, 0) is 9.53 Å². The number of benzene rings is 2. The van der Waals surface area contributed by atoms with Gasteiger partial charge in [0.15, 0.2) is 0 Å². The van der Waals surface area contributed by atoms with Crippen LogP contribution in [-0.4, -0.2) is 61.2 Å². The van der Waals surface area contributed by atoms with Crippen molar-refractivity contribution in [1.82, 2.24) is 14.9 Å². The van der Waals surface area contributed by atoms with E-state index in [0.29, 0.717) is 17.4 Å². The molecule has 1 heterocycles. The molecule has 0 aliphatic heterocycles. The number of anilines is 1. The Morgan fingerprint density at radius 3 is 2.71 bits per heavy atom. The van der Waals surface area contributed by atoms with E-state index in [1.54, 1.807) is 6.08 Å². The van der Waals surface area contributed by atoms with Crippen molar-refractivity contribution in [3.05, 3.63) is 59.7 Å². The molecule has 12 heteroatoms. The number of fused-ring (bicyclic) bond motifs is 1. The van der Waals surface area contributed by atoms with Crippen molar-refractivity contribution in [1.29, 1.82) is 0 Å². The summed E-state index contributed by atoms with van der Waals surface area (Å²) in [7, 11) is 3.71. The number of ether oxygens (including phenoxy) is 3. The molecule has 0 atom stereocenters. The number of carbonyl (C=O) groups is 1. The van der Waals surface area contributed by atoms with E-state index in [9.17, 15) is 18.0 Å². The summed E-state index contributed by atoms with van der Waals surface area (Å²) in [6.45, 7) is -2.94. The maximum atomic E-state index is 13.5. The molecule has 0 saturated heterocycles. The van der Waals surface area contributed by atoms with Crippen LogP contribution in [0.4, 0.5) is 18.9 Å². The molecular weight excluding hydrogens is 489 g/mol. The summed E-state index contributed by atoms with van der Waals surface area (Å²) in [6.07, 6.45) is 4.27. The van der Waals surface area contributed by atoms with Crippen LogP contribution in [0.15, 0.2) is 48.8 Å². The molecule has 0 bridgehead atoms. The molecule has 2 aromatic carbocycles. The van der Waals surface area contributed by atoms with Crippen molar-refractivity contribution in [2.45, 2.75) is 6.61 Å². The third kappa shape index (κ3) is 7.81. The van der Waals surface area contributed by atoms with Gasteiger partial charge in [0.1, 0.15) is 30.3 Å². The van der Waals surface area contributed by atoms with Gasteiger partial charge in [0, 0.05) is 24.8 Å². The van der Waals surface area contributed by atoms with E-state index >= 15 is 0 Å². The molecule has 0 radical (unpaired) electrons. The van der Waals surface area contributed by atoms with Crippen LogP contribution in [0.2, 0.25) is 5.02 Å². The second-order valence-electron chi connectivity index (χ2n) is 7.36. The zero-order valence-corrected chi connectivity index (χ0v) is 19.6. The highest BCUT2D eigenvalue weighted by Crippen LogP contribution is 2.35. The number of halogens is 4. The van der Waals surface area contributed by atoms with Gasteiger partial charge in [-0.2, -0.15) is 8.78 Å². The average Bonchev–Trinajstić information content (AvgIpc) is 2.79. The minimum absolute atomic E-state index is 0.115. The number of hydrogen-bond donors (Lipinski definition) is 1. The van der Waals surface area contributed by atoms with Crippen molar-refractivity contribution in [3.8, 4) is 17.4 Å². The molecule has 0 spiro atoms. The lowest BCUT2D eigenvalue weighted by Crippen LogP contribution is -2.14. The molecule has 35 heavy (non-hydrogen) atoms. The van der Waals surface area contributed by atoms with Crippen LogP contribution in [0.25, 0.3) is 10.9 Å². The van der Waals surface area contributed by atoms with E-state index in [1.807, 2.05) is 19.0 Å². The zero-order chi connectivity index (χ0) is 25.4. The number of amides is 1. The van der Waals surface area contributed by atoms with E-state index in [1.165, 1.54) is 36.7 Å². The Balaban J connectivity index is 1.93. The van der Waals surface area contributed by atoms with Crippen molar-refractivity contribution in [3.63, 3.8) is 0 Å². The van der Waals surface area contributed by atoms with Gasteiger partial charge in [-0.3, -0.25) is 4.79 Å². The smallest absolute Gasteiger partial charge is 0.345 e. The number of likely N-dealkylation sites (N-methyl/N-ethyl adjacent to an activating group) is 1. The fourth-order valence-corrected chi connectivity index (χ4v) is 3.01. The first-order valence-corrected chi connectivity index (χ1v) is 10.7. The molecule has 3 rings (SSSR count). The molecule has 3 aromatic rings. The standard InChI is InChI=1S/C23H22ClF3N4O4/c1-31(2)7-3-4-21(32)30-19-11-15-18(12-20(19)33-8-9-34-23(26)27)28-13-29-22(15)35-14-5-6-17(25)16(24)10-14/h3-6,10-13,23H,7-9H2,1-2H3,(H,30,32)/b4-3+. The monoisotopic (exact) mass is 510 g/mol. The van der Waals surface area contributed by atoms with E-state index in [4.69, 9.17) is 21.1 Å². The number of nitrogens with one attached hydrogen (secondary N) is 1. The average molecular weight is 511 g/mol. The van der Waals surface area contributed by atoms with E-state index < -0.39 is 18.3 Å². The Morgan fingerprint density at radius 1 is 1.20 bits per heavy atom. The number of carbonyl (C=O) groups excluding carboxylic acids is 1. The minimum atomic E-state index is -2.93. The summed E-state index contributed by atoms with van der Waals surface area (Å²) in [5.74, 6) is -0.512. The maximum absolute atomic E-state index is 13.5. The zero-order valence-electron chi connectivity index (χ0n) is 18.8. The van der Waals surface area contributed by atoms with Crippen LogP contribution in [0.1, 0.15) is 0 Å². The predicted octanol–water partition coefficient (Wildman–Crippen LogP) is 4.89. The lowest BCUT2D eigenvalue weighted by molar-refractivity contribution is -0.133. The summed E-state index contributed by atoms with van der Waals surface area (Å²) in [4.78, 5) is 22.6. The van der Waals surface area contributed by atoms with Crippen molar-refractivity contribution < 1.29 is 32.2 Å². The fraction of sp³-hybridized carbons (Fsp3) is 0.261. The molecule has 8 nitrogen and oxygen atoms in total. The van der Waals surface area contributed by atoms with Crippen molar-refractivity contribution in [2.75, 3.05) is 39.2 Å². The van der Waals surface area contributed by atoms with Gasteiger partial charge in [-0.1, -0.05) is 17.7 Å².